The van der Waals surface area contributed by atoms with E-state index in [1.807, 2.05) is 0 Å². The van der Waals surface area contributed by atoms with Gasteiger partial charge in [-0.15, -0.1) is 0 Å². The highest BCUT2D eigenvalue weighted by Gasteiger charge is 2.39. The minimum atomic E-state index is 0.214. The molecule has 0 aromatic heterocycles. The molecule has 2 N–H and O–H groups in total. The highest BCUT2D eigenvalue weighted by Crippen LogP contribution is 2.50. The Hall–Kier alpha value is -1.02. The second-order valence-electron chi connectivity index (χ2n) is 7.10. The van der Waals surface area contributed by atoms with Crippen LogP contribution >= 0.6 is 0 Å². The summed E-state index contributed by atoms with van der Waals surface area (Å²) in [6.07, 6.45) is 9.32. The van der Waals surface area contributed by atoms with Crippen molar-refractivity contribution in [3.05, 3.63) is 29.3 Å². The highest BCUT2D eigenvalue weighted by atomic mass is 16.5. The van der Waals surface area contributed by atoms with Crippen LogP contribution in [0.1, 0.15) is 55.7 Å². The monoisotopic (exact) mass is 271 g/mol. The van der Waals surface area contributed by atoms with Crippen LogP contribution in [0, 0.1) is 17.8 Å². The van der Waals surface area contributed by atoms with Crippen molar-refractivity contribution >= 4 is 0 Å². The van der Waals surface area contributed by atoms with Gasteiger partial charge in [0, 0.05) is 6.04 Å². The van der Waals surface area contributed by atoms with Crippen molar-refractivity contribution in [1.82, 2.24) is 0 Å². The van der Waals surface area contributed by atoms with Crippen LogP contribution in [0.25, 0.3) is 0 Å². The first-order chi connectivity index (χ1) is 9.79. The minimum absolute atomic E-state index is 0.214. The van der Waals surface area contributed by atoms with Crippen LogP contribution < -0.4 is 10.5 Å². The van der Waals surface area contributed by atoms with E-state index >= 15 is 0 Å². The summed E-state index contributed by atoms with van der Waals surface area (Å²) in [5.41, 5.74) is 9.17. The van der Waals surface area contributed by atoms with Crippen LogP contribution in [0.3, 0.4) is 0 Å². The summed E-state index contributed by atoms with van der Waals surface area (Å²) < 4.78 is 5.69. The fraction of sp³-hybridized carbons (Fsp3) is 0.667. The normalized spacial score (nSPS) is 32.8. The maximum atomic E-state index is 6.50. The van der Waals surface area contributed by atoms with Gasteiger partial charge in [0.25, 0.3) is 0 Å². The fourth-order valence-electron chi connectivity index (χ4n) is 4.74. The molecule has 0 spiro atoms. The number of benzene rings is 1. The number of hydrogen-bond donors (Lipinski definition) is 1. The predicted molar refractivity (Wildman–Crippen MR) is 80.7 cm³/mol. The van der Waals surface area contributed by atoms with Crippen molar-refractivity contribution in [1.29, 1.82) is 0 Å². The molecule has 3 aliphatic rings. The summed E-state index contributed by atoms with van der Waals surface area (Å²) in [5, 5.41) is 0. The van der Waals surface area contributed by atoms with Gasteiger partial charge in [-0.2, -0.15) is 0 Å². The predicted octanol–water partition coefficient (Wildman–Crippen LogP) is 3.84. The number of hydrogen-bond acceptors (Lipinski definition) is 2. The lowest BCUT2D eigenvalue weighted by Crippen LogP contribution is -2.20. The van der Waals surface area contributed by atoms with E-state index in [1.165, 1.54) is 43.2 Å². The van der Waals surface area contributed by atoms with Crippen LogP contribution in [0.5, 0.6) is 5.75 Å². The molecule has 2 aliphatic carbocycles. The van der Waals surface area contributed by atoms with Gasteiger partial charge in [0.2, 0.25) is 0 Å². The topological polar surface area (TPSA) is 35.2 Å². The molecule has 4 unspecified atom stereocenters. The van der Waals surface area contributed by atoms with Gasteiger partial charge in [-0.05, 0) is 73.5 Å². The largest absolute Gasteiger partial charge is 0.493 e. The molecule has 108 valence electrons. The molecule has 2 saturated carbocycles. The second-order valence-corrected chi connectivity index (χ2v) is 7.10. The molecule has 2 fully saturated rings. The Balaban J connectivity index is 1.46. The van der Waals surface area contributed by atoms with Crippen molar-refractivity contribution in [2.45, 2.75) is 51.0 Å². The first-order valence-corrected chi connectivity index (χ1v) is 8.31. The summed E-state index contributed by atoms with van der Waals surface area (Å²) in [4.78, 5) is 0. The van der Waals surface area contributed by atoms with Crippen LogP contribution in [0.2, 0.25) is 0 Å². The molecule has 20 heavy (non-hydrogen) atoms. The summed E-state index contributed by atoms with van der Waals surface area (Å²) >= 11 is 0. The summed E-state index contributed by atoms with van der Waals surface area (Å²) in [6.45, 7) is 0.865. The molecule has 0 saturated heterocycles. The Morgan fingerprint density at radius 1 is 1.25 bits per heavy atom. The van der Waals surface area contributed by atoms with E-state index in [-0.39, 0.29) is 6.04 Å². The number of rotatable bonds is 3. The lowest BCUT2D eigenvalue weighted by atomic mass is 9.82. The zero-order valence-electron chi connectivity index (χ0n) is 12.2. The number of ether oxygens (including phenoxy) is 1. The summed E-state index contributed by atoms with van der Waals surface area (Å²) in [5.74, 6) is 3.96. The molecule has 4 atom stereocenters. The average Bonchev–Trinajstić information content (AvgIpc) is 3.09. The van der Waals surface area contributed by atoms with Crippen molar-refractivity contribution in [2.75, 3.05) is 6.61 Å². The lowest BCUT2D eigenvalue weighted by molar-refractivity contribution is 0.286. The standard InChI is InChI=1S/C18H25NO/c19-17(11-16-9-12-3-4-13(16)8-12)14-5-6-18-15(10-14)2-1-7-20-18/h5-6,10,12-13,16-17H,1-4,7-9,11,19H2. The molecule has 0 amide bonds. The van der Waals surface area contributed by atoms with Crippen LogP contribution in [-0.4, -0.2) is 6.61 Å². The average molecular weight is 271 g/mol. The van der Waals surface area contributed by atoms with Gasteiger partial charge < -0.3 is 10.5 Å². The van der Waals surface area contributed by atoms with Gasteiger partial charge in [0.05, 0.1) is 6.61 Å². The Labute approximate surface area is 121 Å². The number of fused-ring (bicyclic) bond motifs is 3. The van der Waals surface area contributed by atoms with E-state index in [1.54, 1.807) is 0 Å². The third kappa shape index (κ3) is 2.24. The van der Waals surface area contributed by atoms with Crippen molar-refractivity contribution in [3.8, 4) is 5.75 Å². The molecule has 1 aromatic carbocycles. The maximum absolute atomic E-state index is 6.50. The van der Waals surface area contributed by atoms with E-state index in [9.17, 15) is 0 Å². The fourth-order valence-corrected chi connectivity index (χ4v) is 4.74. The highest BCUT2D eigenvalue weighted by molar-refractivity contribution is 5.39. The molecule has 2 nitrogen and oxygen atoms in total. The first kappa shape index (κ1) is 12.7. The van der Waals surface area contributed by atoms with E-state index in [0.717, 1.165) is 43.0 Å². The molecule has 1 aliphatic heterocycles. The molecule has 2 heteroatoms. The van der Waals surface area contributed by atoms with Crippen LogP contribution in [-0.2, 0) is 6.42 Å². The zero-order valence-corrected chi connectivity index (χ0v) is 12.2. The molecule has 2 bridgehead atoms. The van der Waals surface area contributed by atoms with Gasteiger partial charge in [-0.1, -0.05) is 18.6 Å². The molecule has 4 rings (SSSR count). The third-order valence-corrected chi connectivity index (χ3v) is 5.80. The lowest BCUT2D eigenvalue weighted by Gasteiger charge is -2.26. The molecule has 1 heterocycles. The zero-order chi connectivity index (χ0) is 13.5. The Kier molecular flexibility index (Phi) is 3.22. The quantitative estimate of drug-likeness (QED) is 0.906. The first-order valence-electron chi connectivity index (χ1n) is 8.31. The van der Waals surface area contributed by atoms with Gasteiger partial charge >= 0.3 is 0 Å². The maximum Gasteiger partial charge on any atom is 0.122 e. The second kappa shape index (κ2) is 5.07. The van der Waals surface area contributed by atoms with E-state index in [0.29, 0.717) is 0 Å². The number of aryl methyl sites for hydroxylation is 1. The molecule has 0 radical (unpaired) electrons. The van der Waals surface area contributed by atoms with Gasteiger partial charge in [0.15, 0.2) is 0 Å². The Morgan fingerprint density at radius 3 is 3.00 bits per heavy atom. The van der Waals surface area contributed by atoms with Crippen molar-refractivity contribution in [2.24, 2.45) is 23.5 Å². The van der Waals surface area contributed by atoms with E-state index in [2.05, 4.69) is 18.2 Å². The van der Waals surface area contributed by atoms with Gasteiger partial charge in [0.1, 0.15) is 5.75 Å². The summed E-state index contributed by atoms with van der Waals surface area (Å²) in [6, 6.07) is 6.82. The number of nitrogens with two attached hydrogens (primary N) is 1. The van der Waals surface area contributed by atoms with Crippen molar-refractivity contribution in [3.63, 3.8) is 0 Å². The molecular weight excluding hydrogens is 246 g/mol. The molecular formula is C18H25NO. The summed E-state index contributed by atoms with van der Waals surface area (Å²) in [7, 11) is 0. The Morgan fingerprint density at radius 2 is 2.20 bits per heavy atom. The van der Waals surface area contributed by atoms with Gasteiger partial charge in [-0.3, -0.25) is 0 Å². The Bertz CT molecular complexity index is 498. The van der Waals surface area contributed by atoms with Crippen molar-refractivity contribution < 1.29 is 4.74 Å². The third-order valence-electron chi connectivity index (χ3n) is 5.80. The van der Waals surface area contributed by atoms with Crippen LogP contribution in [0.4, 0.5) is 0 Å². The van der Waals surface area contributed by atoms with Crippen LogP contribution in [0.15, 0.2) is 18.2 Å². The van der Waals surface area contributed by atoms with E-state index < -0.39 is 0 Å². The minimum Gasteiger partial charge on any atom is -0.493 e. The van der Waals surface area contributed by atoms with E-state index in [4.69, 9.17) is 10.5 Å². The SMILES string of the molecule is NC(CC1CC2CCC1C2)c1ccc2c(c1)CCCO2. The smallest absolute Gasteiger partial charge is 0.122 e. The molecule has 1 aromatic rings. The van der Waals surface area contributed by atoms with Gasteiger partial charge in [-0.25, -0.2) is 0 Å².